The van der Waals surface area contributed by atoms with Crippen LogP contribution >= 0.6 is 0 Å². The summed E-state index contributed by atoms with van der Waals surface area (Å²) in [6.45, 7) is 5.02. The highest BCUT2D eigenvalue weighted by Gasteiger charge is 2.22. The van der Waals surface area contributed by atoms with Crippen molar-refractivity contribution >= 4 is 11.6 Å². The van der Waals surface area contributed by atoms with Gasteiger partial charge in [0.2, 0.25) is 0 Å². The number of pyridine rings is 1. The Kier molecular flexibility index (Phi) is 4.71. The number of likely N-dealkylation sites (tertiary alicyclic amines) is 1. The Morgan fingerprint density at radius 3 is 2.65 bits per heavy atom. The molecule has 1 aliphatic heterocycles. The van der Waals surface area contributed by atoms with Gasteiger partial charge < -0.3 is 9.72 Å². The summed E-state index contributed by atoms with van der Waals surface area (Å²) in [4.78, 5) is 19.4. The first-order valence-corrected chi connectivity index (χ1v) is 9.20. The van der Waals surface area contributed by atoms with E-state index in [4.69, 9.17) is 0 Å². The molecule has 0 aliphatic carbocycles. The van der Waals surface area contributed by atoms with Crippen LogP contribution in [0.5, 0.6) is 0 Å². The number of piperidine rings is 1. The van der Waals surface area contributed by atoms with Crippen LogP contribution in [0.1, 0.15) is 34.5 Å². The maximum absolute atomic E-state index is 12.5. The van der Waals surface area contributed by atoms with Gasteiger partial charge in [-0.15, -0.1) is 0 Å². The Morgan fingerprint density at radius 2 is 1.88 bits per heavy atom. The highest BCUT2D eigenvalue weighted by molar-refractivity contribution is 5.93. The molecule has 0 spiro atoms. The molecule has 1 fully saturated rings. The van der Waals surface area contributed by atoms with Crippen molar-refractivity contribution in [3.8, 4) is 0 Å². The summed E-state index contributed by atoms with van der Waals surface area (Å²) in [5, 5.41) is 3.15. The van der Waals surface area contributed by atoms with Crippen LogP contribution in [0.4, 0.5) is 0 Å². The van der Waals surface area contributed by atoms with E-state index >= 15 is 0 Å². The predicted octanol–water partition coefficient (Wildman–Crippen LogP) is 3.04. The fourth-order valence-corrected chi connectivity index (χ4v) is 3.55. The van der Waals surface area contributed by atoms with Crippen molar-refractivity contribution in [2.24, 2.45) is 0 Å². The average molecular weight is 348 g/mol. The highest BCUT2D eigenvalue weighted by atomic mass is 16.2. The molecule has 0 unspecified atom stereocenters. The van der Waals surface area contributed by atoms with Crippen LogP contribution in [0.25, 0.3) is 5.65 Å². The molecular formula is C21H24N4O. The van der Waals surface area contributed by atoms with Gasteiger partial charge in [-0.3, -0.25) is 9.69 Å². The zero-order chi connectivity index (χ0) is 17.9. The summed E-state index contributed by atoms with van der Waals surface area (Å²) < 4.78 is 1.91. The molecule has 0 saturated carbocycles. The summed E-state index contributed by atoms with van der Waals surface area (Å²) in [5.74, 6) is -0.0761. The molecule has 1 aromatic carbocycles. The van der Waals surface area contributed by atoms with Gasteiger partial charge in [-0.1, -0.05) is 36.4 Å². The lowest BCUT2D eigenvalue weighted by Gasteiger charge is -2.32. The van der Waals surface area contributed by atoms with Crippen molar-refractivity contribution in [3.63, 3.8) is 0 Å². The number of nitrogens with zero attached hydrogens (tertiary/aromatic N) is 3. The minimum Gasteiger partial charge on any atom is -0.348 e. The molecule has 0 bridgehead atoms. The first-order chi connectivity index (χ1) is 12.7. The summed E-state index contributed by atoms with van der Waals surface area (Å²) in [7, 11) is 0. The standard InChI is InChI=1S/C21H24N4O/c1-16-7-8-20-23-19(15-25(20)13-16)21(26)22-18-9-11-24(12-10-18)14-17-5-3-2-4-6-17/h2-8,13,15,18H,9-12,14H2,1H3,(H,22,26). The van der Waals surface area contributed by atoms with Crippen molar-refractivity contribution in [1.82, 2.24) is 19.6 Å². The number of hydrogen-bond donors (Lipinski definition) is 1. The van der Waals surface area contributed by atoms with Crippen molar-refractivity contribution in [1.29, 1.82) is 0 Å². The zero-order valence-electron chi connectivity index (χ0n) is 15.1. The van der Waals surface area contributed by atoms with Crippen LogP contribution in [0, 0.1) is 6.92 Å². The van der Waals surface area contributed by atoms with Crippen molar-refractivity contribution in [3.05, 3.63) is 71.7 Å². The van der Waals surface area contributed by atoms with E-state index in [9.17, 15) is 4.79 Å². The summed E-state index contributed by atoms with van der Waals surface area (Å²) >= 11 is 0. The third kappa shape index (κ3) is 3.78. The lowest BCUT2D eigenvalue weighted by Crippen LogP contribution is -2.44. The van der Waals surface area contributed by atoms with E-state index in [1.54, 1.807) is 0 Å². The molecule has 5 nitrogen and oxygen atoms in total. The fraction of sp³-hybridized carbons (Fsp3) is 0.333. The van der Waals surface area contributed by atoms with E-state index in [1.807, 2.05) is 41.9 Å². The lowest BCUT2D eigenvalue weighted by atomic mass is 10.0. The van der Waals surface area contributed by atoms with Crippen LogP contribution < -0.4 is 5.32 Å². The van der Waals surface area contributed by atoms with Gasteiger partial charge in [-0.2, -0.15) is 0 Å². The fourth-order valence-electron chi connectivity index (χ4n) is 3.55. The minimum absolute atomic E-state index is 0.0761. The molecular weight excluding hydrogens is 324 g/mol. The topological polar surface area (TPSA) is 49.6 Å². The molecule has 1 saturated heterocycles. The first kappa shape index (κ1) is 16.8. The van der Waals surface area contributed by atoms with E-state index in [1.165, 1.54) is 5.56 Å². The van der Waals surface area contributed by atoms with Gasteiger partial charge in [0.15, 0.2) is 0 Å². The number of aryl methyl sites for hydroxylation is 1. The number of benzene rings is 1. The number of fused-ring (bicyclic) bond motifs is 1. The molecule has 0 atom stereocenters. The molecule has 0 radical (unpaired) electrons. The molecule has 3 aromatic rings. The molecule has 5 heteroatoms. The number of imidazole rings is 1. The van der Waals surface area contributed by atoms with E-state index in [-0.39, 0.29) is 11.9 Å². The van der Waals surface area contributed by atoms with Crippen LogP contribution in [-0.4, -0.2) is 39.3 Å². The van der Waals surface area contributed by atoms with Crippen molar-refractivity contribution in [2.45, 2.75) is 32.4 Å². The molecule has 1 N–H and O–H groups in total. The zero-order valence-corrected chi connectivity index (χ0v) is 15.1. The number of aromatic nitrogens is 2. The van der Waals surface area contributed by atoms with Crippen LogP contribution in [-0.2, 0) is 6.54 Å². The third-order valence-corrected chi connectivity index (χ3v) is 5.00. The van der Waals surface area contributed by atoms with E-state index in [2.05, 4.69) is 39.5 Å². The van der Waals surface area contributed by atoms with Crippen molar-refractivity contribution < 1.29 is 4.79 Å². The summed E-state index contributed by atoms with van der Waals surface area (Å²) in [6.07, 6.45) is 5.75. The normalized spacial score (nSPS) is 16.0. The Hall–Kier alpha value is -2.66. The predicted molar refractivity (Wildman–Crippen MR) is 102 cm³/mol. The van der Waals surface area contributed by atoms with E-state index in [0.29, 0.717) is 5.69 Å². The maximum Gasteiger partial charge on any atom is 0.271 e. The molecule has 26 heavy (non-hydrogen) atoms. The summed E-state index contributed by atoms with van der Waals surface area (Å²) in [5.41, 5.74) is 3.78. The number of nitrogens with one attached hydrogen (secondary N) is 1. The largest absolute Gasteiger partial charge is 0.348 e. The molecule has 134 valence electrons. The summed E-state index contributed by atoms with van der Waals surface area (Å²) in [6, 6.07) is 14.7. The average Bonchev–Trinajstić information content (AvgIpc) is 3.07. The number of carbonyl (C=O) groups is 1. The van der Waals surface area contributed by atoms with Gasteiger partial charge in [-0.25, -0.2) is 4.98 Å². The van der Waals surface area contributed by atoms with Gasteiger partial charge >= 0.3 is 0 Å². The van der Waals surface area contributed by atoms with Crippen LogP contribution in [0.3, 0.4) is 0 Å². The second kappa shape index (κ2) is 7.30. The minimum atomic E-state index is -0.0761. The van der Waals surface area contributed by atoms with Gasteiger partial charge in [0, 0.05) is 38.1 Å². The Balaban J connectivity index is 1.32. The number of hydrogen-bond acceptors (Lipinski definition) is 3. The number of carbonyl (C=O) groups excluding carboxylic acids is 1. The van der Waals surface area contributed by atoms with Gasteiger partial charge in [0.1, 0.15) is 11.3 Å². The quantitative estimate of drug-likeness (QED) is 0.788. The first-order valence-electron chi connectivity index (χ1n) is 9.20. The Morgan fingerprint density at radius 1 is 1.12 bits per heavy atom. The van der Waals surface area contributed by atoms with Gasteiger partial charge in [0.05, 0.1) is 0 Å². The highest BCUT2D eigenvalue weighted by Crippen LogP contribution is 2.15. The Labute approximate surface area is 153 Å². The number of rotatable bonds is 4. The number of amides is 1. The second-order valence-corrected chi connectivity index (χ2v) is 7.11. The molecule has 1 aliphatic rings. The molecule has 4 rings (SSSR count). The van der Waals surface area contributed by atoms with E-state index in [0.717, 1.165) is 43.7 Å². The lowest BCUT2D eigenvalue weighted by molar-refractivity contribution is 0.0904. The SMILES string of the molecule is Cc1ccc2nc(C(=O)NC3CCN(Cc4ccccc4)CC3)cn2c1. The molecule has 1 amide bonds. The monoisotopic (exact) mass is 348 g/mol. The Bertz CT molecular complexity index is 895. The van der Waals surface area contributed by atoms with Gasteiger partial charge in [-0.05, 0) is 37.0 Å². The second-order valence-electron chi connectivity index (χ2n) is 7.11. The van der Waals surface area contributed by atoms with Crippen LogP contribution in [0.2, 0.25) is 0 Å². The third-order valence-electron chi connectivity index (χ3n) is 5.00. The smallest absolute Gasteiger partial charge is 0.271 e. The molecule has 3 heterocycles. The van der Waals surface area contributed by atoms with Crippen molar-refractivity contribution in [2.75, 3.05) is 13.1 Å². The van der Waals surface area contributed by atoms with Gasteiger partial charge in [0.25, 0.3) is 5.91 Å². The van der Waals surface area contributed by atoms with Crippen LogP contribution in [0.15, 0.2) is 54.9 Å². The molecule has 2 aromatic heterocycles. The maximum atomic E-state index is 12.5. The van der Waals surface area contributed by atoms with E-state index < -0.39 is 0 Å².